The second kappa shape index (κ2) is 7.43. The third-order valence-electron chi connectivity index (χ3n) is 3.59. The molecule has 0 aliphatic rings. The second-order valence-electron chi connectivity index (χ2n) is 5.53. The van der Waals surface area contributed by atoms with Crippen LogP contribution in [0.5, 0.6) is 11.5 Å². The zero-order chi connectivity index (χ0) is 20.5. The lowest BCUT2D eigenvalue weighted by Gasteiger charge is -2.09. The van der Waals surface area contributed by atoms with Crippen molar-refractivity contribution in [1.82, 2.24) is 14.1 Å². The lowest BCUT2D eigenvalue weighted by atomic mass is 10.3. The molecule has 0 aliphatic heterocycles. The van der Waals surface area contributed by atoms with Gasteiger partial charge in [-0.2, -0.15) is 13.2 Å². The molecule has 0 saturated heterocycles. The molecule has 3 aromatic rings. The summed E-state index contributed by atoms with van der Waals surface area (Å²) in [6.07, 6.45) is 0. The van der Waals surface area contributed by atoms with Crippen molar-refractivity contribution in [3.63, 3.8) is 0 Å². The Kier molecular flexibility index (Phi) is 5.18. The van der Waals surface area contributed by atoms with Gasteiger partial charge in [-0.05, 0) is 60.3 Å². The number of nitrogens with one attached hydrogen (secondary N) is 1. The molecule has 0 unspecified atom stereocenters. The van der Waals surface area contributed by atoms with E-state index in [1.807, 2.05) is 4.98 Å². The topological polar surface area (TPSA) is 86.1 Å². The summed E-state index contributed by atoms with van der Waals surface area (Å²) in [7, 11) is 1.23. The SMILES string of the molecule is Cn1c(=O)[nH]c(=O)n(-c2ccc(Oc3ccc(SC(F)(F)F)cc3)cc2)c1=O. The molecule has 0 spiro atoms. The van der Waals surface area contributed by atoms with Gasteiger partial charge in [0.15, 0.2) is 0 Å². The zero-order valence-electron chi connectivity index (χ0n) is 14.2. The summed E-state index contributed by atoms with van der Waals surface area (Å²) in [5.74, 6) is 0.658. The van der Waals surface area contributed by atoms with E-state index in [4.69, 9.17) is 4.74 Å². The van der Waals surface area contributed by atoms with Gasteiger partial charge in [0.1, 0.15) is 11.5 Å². The Morgan fingerprint density at radius 1 is 0.893 bits per heavy atom. The Hall–Kier alpha value is -3.21. The molecule has 0 fully saturated rings. The van der Waals surface area contributed by atoms with E-state index >= 15 is 0 Å². The van der Waals surface area contributed by atoms with Gasteiger partial charge in [0.2, 0.25) is 0 Å². The summed E-state index contributed by atoms with van der Waals surface area (Å²) < 4.78 is 44.1. The maximum absolute atomic E-state index is 12.3. The number of hydrogen-bond donors (Lipinski definition) is 1. The maximum Gasteiger partial charge on any atom is 0.446 e. The van der Waals surface area contributed by atoms with Crippen LogP contribution >= 0.6 is 11.8 Å². The van der Waals surface area contributed by atoms with E-state index in [9.17, 15) is 27.6 Å². The van der Waals surface area contributed by atoms with Crippen molar-refractivity contribution in [2.75, 3.05) is 0 Å². The number of aromatic amines is 1. The van der Waals surface area contributed by atoms with Crippen molar-refractivity contribution in [3.8, 4) is 17.2 Å². The van der Waals surface area contributed by atoms with Crippen LogP contribution in [0.2, 0.25) is 0 Å². The number of hydrogen-bond acceptors (Lipinski definition) is 5. The molecule has 0 atom stereocenters. The first-order chi connectivity index (χ1) is 13.1. The summed E-state index contributed by atoms with van der Waals surface area (Å²) in [6.45, 7) is 0. The van der Waals surface area contributed by atoms with E-state index in [1.54, 1.807) is 0 Å². The summed E-state index contributed by atoms with van der Waals surface area (Å²) in [5.41, 5.74) is -6.65. The molecule has 0 aliphatic carbocycles. The highest BCUT2D eigenvalue weighted by molar-refractivity contribution is 8.00. The highest BCUT2D eigenvalue weighted by Gasteiger charge is 2.29. The number of H-pyrrole nitrogens is 1. The molecule has 1 N–H and O–H groups in total. The fourth-order valence-corrected chi connectivity index (χ4v) is 2.83. The van der Waals surface area contributed by atoms with E-state index in [0.29, 0.717) is 11.5 Å². The maximum atomic E-state index is 12.3. The molecule has 0 saturated carbocycles. The minimum absolute atomic E-state index is 0.0310. The number of nitrogens with zero attached hydrogens (tertiary/aromatic N) is 2. The van der Waals surface area contributed by atoms with Gasteiger partial charge >= 0.3 is 22.6 Å². The number of halogens is 3. The molecule has 0 bridgehead atoms. The molecule has 1 aromatic heterocycles. The number of thioether (sulfide) groups is 1. The first kappa shape index (κ1) is 19.5. The zero-order valence-corrected chi connectivity index (χ0v) is 15.0. The lowest BCUT2D eigenvalue weighted by Crippen LogP contribution is -2.47. The Labute approximate surface area is 159 Å². The molecule has 146 valence electrons. The van der Waals surface area contributed by atoms with Crippen molar-refractivity contribution in [1.29, 1.82) is 0 Å². The Balaban J connectivity index is 1.81. The van der Waals surface area contributed by atoms with E-state index in [2.05, 4.69) is 0 Å². The Morgan fingerprint density at radius 3 is 1.96 bits per heavy atom. The highest BCUT2D eigenvalue weighted by atomic mass is 32.2. The van der Waals surface area contributed by atoms with Crippen molar-refractivity contribution < 1.29 is 17.9 Å². The van der Waals surface area contributed by atoms with Gasteiger partial charge in [-0.1, -0.05) is 0 Å². The van der Waals surface area contributed by atoms with E-state index < -0.39 is 22.6 Å². The first-order valence-corrected chi connectivity index (χ1v) is 8.52. The largest absolute Gasteiger partial charge is 0.457 e. The molecule has 7 nitrogen and oxygen atoms in total. The molecule has 0 amide bonds. The minimum Gasteiger partial charge on any atom is -0.457 e. The van der Waals surface area contributed by atoms with Crippen LogP contribution in [0.15, 0.2) is 67.8 Å². The third-order valence-corrected chi connectivity index (χ3v) is 4.33. The second-order valence-corrected chi connectivity index (χ2v) is 6.67. The Morgan fingerprint density at radius 2 is 1.43 bits per heavy atom. The van der Waals surface area contributed by atoms with E-state index in [1.165, 1.54) is 55.6 Å². The van der Waals surface area contributed by atoms with Gasteiger partial charge in [0, 0.05) is 11.9 Å². The summed E-state index contributed by atoms with van der Waals surface area (Å²) >= 11 is -0.225. The quantitative estimate of drug-likeness (QED) is 0.667. The van der Waals surface area contributed by atoms with Crippen LogP contribution in [0.1, 0.15) is 0 Å². The summed E-state index contributed by atoms with van der Waals surface area (Å²) in [4.78, 5) is 37.5. The van der Waals surface area contributed by atoms with Crippen LogP contribution in [-0.2, 0) is 7.05 Å². The number of ether oxygens (including phenoxy) is 1. The van der Waals surface area contributed by atoms with Crippen molar-refractivity contribution in [2.24, 2.45) is 7.05 Å². The molecule has 3 rings (SSSR count). The average Bonchev–Trinajstić information content (AvgIpc) is 2.62. The monoisotopic (exact) mass is 411 g/mol. The van der Waals surface area contributed by atoms with E-state index in [0.717, 1.165) is 9.13 Å². The van der Waals surface area contributed by atoms with Gasteiger partial charge < -0.3 is 4.74 Å². The van der Waals surface area contributed by atoms with Gasteiger partial charge in [0.25, 0.3) is 0 Å². The van der Waals surface area contributed by atoms with Gasteiger partial charge in [-0.3, -0.25) is 4.98 Å². The van der Waals surface area contributed by atoms with Crippen LogP contribution in [-0.4, -0.2) is 19.6 Å². The van der Waals surface area contributed by atoms with Crippen LogP contribution < -0.4 is 21.8 Å². The van der Waals surface area contributed by atoms with Crippen molar-refractivity contribution in [3.05, 3.63) is 80.0 Å². The average molecular weight is 411 g/mol. The smallest absolute Gasteiger partial charge is 0.446 e. The number of aromatic nitrogens is 3. The molecular weight excluding hydrogens is 399 g/mol. The van der Waals surface area contributed by atoms with Crippen LogP contribution in [0.3, 0.4) is 0 Å². The number of rotatable bonds is 4. The van der Waals surface area contributed by atoms with E-state index in [-0.39, 0.29) is 22.3 Å². The fourth-order valence-electron chi connectivity index (χ4n) is 2.29. The molecule has 28 heavy (non-hydrogen) atoms. The fraction of sp³-hybridized carbons (Fsp3) is 0.118. The molecular formula is C17H12F3N3O4S. The van der Waals surface area contributed by atoms with Crippen molar-refractivity contribution in [2.45, 2.75) is 10.4 Å². The molecule has 0 radical (unpaired) electrons. The van der Waals surface area contributed by atoms with Gasteiger partial charge in [0.05, 0.1) is 5.69 Å². The molecule has 1 heterocycles. The Bertz CT molecular complexity index is 1160. The third kappa shape index (κ3) is 4.36. The number of benzene rings is 2. The van der Waals surface area contributed by atoms with Gasteiger partial charge in [-0.15, -0.1) is 0 Å². The normalized spacial score (nSPS) is 11.4. The number of alkyl halides is 3. The van der Waals surface area contributed by atoms with Crippen molar-refractivity contribution >= 4 is 11.8 Å². The predicted octanol–water partition coefficient (Wildman–Crippen LogP) is 2.63. The molecule has 2 aromatic carbocycles. The predicted molar refractivity (Wildman–Crippen MR) is 96.3 cm³/mol. The van der Waals surface area contributed by atoms with Crippen LogP contribution in [0.4, 0.5) is 13.2 Å². The first-order valence-electron chi connectivity index (χ1n) is 7.70. The lowest BCUT2D eigenvalue weighted by molar-refractivity contribution is -0.0328. The standard InChI is InChI=1S/C17H12F3N3O4S/c1-22-14(24)21-15(25)23(16(22)26)10-2-4-11(5-3-10)27-12-6-8-13(9-7-12)28-17(18,19)20/h2-9H,1H3,(H,21,24,25). The minimum atomic E-state index is -4.37. The summed E-state index contributed by atoms with van der Waals surface area (Å²) in [6, 6.07) is 11.2. The van der Waals surface area contributed by atoms with Crippen LogP contribution in [0, 0.1) is 0 Å². The molecule has 11 heteroatoms. The van der Waals surface area contributed by atoms with Crippen LogP contribution in [0.25, 0.3) is 5.69 Å². The highest BCUT2D eigenvalue weighted by Crippen LogP contribution is 2.37. The summed E-state index contributed by atoms with van der Waals surface area (Å²) in [5, 5.41) is 0. The van der Waals surface area contributed by atoms with Gasteiger partial charge in [-0.25, -0.2) is 23.5 Å².